The number of pyridine rings is 1. The Hall–Kier alpha value is -2.11. The van der Waals surface area contributed by atoms with E-state index in [1.165, 1.54) is 12.0 Å². The number of ether oxygens (including phenoxy) is 1. The van der Waals surface area contributed by atoms with Gasteiger partial charge in [-0.2, -0.15) is 0 Å². The van der Waals surface area contributed by atoms with Crippen molar-refractivity contribution in [1.29, 1.82) is 0 Å². The van der Waals surface area contributed by atoms with Crippen LogP contribution in [0.25, 0.3) is 0 Å². The average Bonchev–Trinajstić information content (AvgIpc) is 2.51. The third kappa shape index (κ3) is 5.06. The molecule has 6 heteroatoms. The van der Waals surface area contributed by atoms with E-state index in [4.69, 9.17) is 4.74 Å². The number of carbonyl (C=O) groups is 2. The molecule has 1 heterocycles. The number of urea groups is 1. The van der Waals surface area contributed by atoms with Crippen molar-refractivity contribution < 1.29 is 14.3 Å². The summed E-state index contributed by atoms with van der Waals surface area (Å²) >= 11 is 0. The summed E-state index contributed by atoms with van der Waals surface area (Å²) < 4.78 is 4.75. The van der Waals surface area contributed by atoms with Gasteiger partial charge in [0.15, 0.2) is 0 Å². The number of hydrogen-bond acceptors (Lipinski definition) is 4. The van der Waals surface area contributed by atoms with Gasteiger partial charge in [0.2, 0.25) is 0 Å². The predicted octanol–water partition coefficient (Wildman–Crippen LogP) is 1.81. The van der Waals surface area contributed by atoms with Crippen molar-refractivity contribution in [1.82, 2.24) is 15.2 Å². The van der Waals surface area contributed by atoms with Gasteiger partial charge in [-0.3, -0.25) is 4.98 Å². The lowest BCUT2D eigenvalue weighted by atomic mass is 9.99. The molecule has 116 valence electrons. The van der Waals surface area contributed by atoms with E-state index in [1.54, 1.807) is 13.2 Å². The number of hydrogen-bond donors (Lipinski definition) is 1. The summed E-state index contributed by atoms with van der Waals surface area (Å²) in [6.07, 6.45) is 2.45. The average molecular weight is 293 g/mol. The van der Waals surface area contributed by atoms with Crippen molar-refractivity contribution in [2.45, 2.75) is 32.9 Å². The first-order valence-electron chi connectivity index (χ1n) is 6.99. The van der Waals surface area contributed by atoms with Crippen LogP contribution < -0.4 is 5.32 Å². The number of rotatable bonds is 6. The molecule has 0 saturated heterocycles. The molecule has 21 heavy (non-hydrogen) atoms. The van der Waals surface area contributed by atoms with E-state index in [1.807, 2.05) is 32.0 Å². The van der Waals surface area contributed by atoms with Crippen LogP contribution in [-0.4, -0.2) is 42.1 Å². The Morgan fingerprint density at radius 2 is 2.14 bits per heavy atom. The van der Waals surface area contributed by atoms with Gasteiger partial charge in [-0.1, -0.05) is 26.3 Å². The third-order valence-electron chi connectivity index (χ3n) is 3.42. The van der Waals surface area contributed by atoms with Crippen LogP contribution in [0.1, 0.15) is 26.0 Å². The van der Waals surface area contributed by atoms with Crippen LogP contribution in [0.5, 0.6) is 0 Å². The summed E-state index contributed by atoms with van der Waals surface area (Å²) in [5.41, 5.74) is 0.785. The van der Waals surface area contributed by atoms with Crippen molar-refractivity contribution in [2.75, 3.05) is 14.2 Å². The van der Waals surface area contributed by atoms with E-state index in [9.17, 15) is 9.59 Å². The minimum atomic E-state index is -0.640. The second-order valence-electron chi connectivity index (χ2n) is 5.01. The maximum absolute atomic E-state index is 12.2. The Balaban J connectivity index is 2.66. The van der Waals surface area contributed by atoms with Gasteiger partial charge in [-0.05, 0) is 18.1 Å². The Bertz CT molecular complexity index is 464. The van der Waals surface area contributed by atoms with Gasteiger partial charge in [0.05, 0.1) is 19.3 Å². The topological polar surface area (TPSA) is 71.5 Å². The fourth-order valence-corrected chi connectivity index (χ4v) is 1.85. The monoisotopic (exact) mass is 293 g/mol. The van der Waals surface area contributed by atoms with E-state index in [0.29, 0.717) is 6.54 Å². The highest BCUT2D eigenvalue weighted by Gasteiger charge is 2.27. The van der Waals surface area contributed by atoms with E-state index < -0.39 is 12.0 Å². The summed E-state index contributed by atoms with van der Waals surface area (Å²) in [6, 6.07) is 4.57. The number of nitrogens with one attached hydrogen (secondary N) is 1. The Morgan fingerprint density at radius 3 is 2.67 bits per heavy atom. The summed E-state index contributed by atoms with van der Waals surface area (Å²) in [5, 5.41) is 2.72. The zero-order valence-electron chi connectivity index (χ0n) is 13.0. The first-order valence-corrected chi connectivity index (χ1v) is 6.99. The number of amides is 2. The van der Waals surface area contributed by atoms with Crippen molar-refractivity contribution in [2.24, 2.45) is 5.92 Å². The fourth-order valence-electron chi connectivity index (χ4n) is 1.85. The predicted molar refractivity (Wildman–Crippen MR) is 79.5 cm³/mol. The third-order valence-corrected chi connectivity index (χ3v) is 3.42. The van der Waals surface area contributed by atoms with Crippen LogP contribution in [-0.2, 0) is 16.1 Å². The molecule has 1 rings (SSSR count). The van der Waals surface area contributed by atoms with E-state index in [-0.39, 0.29) is 11.9 Å². The van der Waals surface area contributed by atoms with Crippen LogP contribution in [0.15, 0.2) is 24.4 Å². The molecule has 0 aliphatic heterocycles. The largest absolute Gasteiger partial charge is 0.467 e. The fraction of sp³-hybridized carbons (Fsp3) is 0.533. The van der Waals surface area contributed by atoms with Crippen molar-refractivity contribution in [3.8, 4) is 0 Å². The number of carbonyl (C=O) groups excluding carboxylic acids is 2. The number of esters is 1. The molecule has 2 amide bonds. The number of methoxy groups -OCH3 is 1. The van der Waals surface area contributed by atoms with Gasteiger partial charge in [-0.15, -0.1) is 0 Å². The highest BCUT2D eigenvalue weighted by atomic mass is 16.5. The molecule has 1 aromatic rings. The van der Waals surface area contributed by atoms with Gasteiger partial charge in [0.25, 0.3) is 0 Å². The van der Waals surface area contributed by atoms with Gasteiger partial charge in [-0.25, -0.2) is 9.59 Å². The molecule has 0 aliphatic rings. The molecular weight excluding hydrogens is 270 g/mol. The molecule has 0 saturated carbocycles. The lowest BCUT2D eigenvalue weighted by Gasteiger charge is -2.25. The lowest BCUT2D eigenvalue weighted by molar-refractivity contribution is -0.144. The molecule has 6 nitrogen and oxygen atoms in total. The van der Waals surface area contributed by atoms with E-state index in [2.05, 4.69) is 10.3 Å². The SMILES string of the molecule is CC[C@H](C)[C@H](NC(=O)N(C)Cc1ccccn1)C(=O)OC. The van der Waals surface area contributed by atoms with Crippen LogP contribution in [0, 0.1) is 5.92 Å². The van der Waals surface area contributed by atoms with Gasteiger partial charge >= 0.3 is 12.0 Å². The standard InChI is InChI=1S/C15H23N3O3/c1-5-11(2)13(14(19)21-4)17-15(20)18(3)10-12-8-6-7-9-16-12/h6-9,11,13H,5,10H2,1-4H3,(H,17,20)/t11-,13-/m0/s1. The quantitative estimate of drug-likeness (QED) is 0.812. The molecule has 0 fully saturated rings. The molecule has 0 unspecified atom stereocenters. The van der Waals surface area contributed by atoms with E-state index in [0.717, 1.165) is 12.1 Å². The maximum Gasteiger partial charge on any atom is 0.328 e. The van der Waals surface area contributed by atoms with Crippen LogP contribution >= 0.6 is 0 Å². The van der Waals surface area contributed by atoms with Crippen LogP contribution in [0.2, 0.25) is 0 Å². The minimum absolute atomic E-state index is 0.00431. The zero-order valence-corrected chi connectivity index (χ0v) is 13.0. The number of nitrogens with zero attached hydrogens (tertiary/aromatic N) is 2. The molecule has 1 aromatic heterocycles. The summed E-state index contributed by atoms with van der Waals surface area (Å²) in [5.74, 6) is -0.423. The second kappa shape index (κ2) is 8.24. The molecule has 0 bridgehead atoms. The zero-order chi connectivity index (χ0) is 15.8. The first-order chi connectivity index (χ1) is 9.99. The van der Waals surface area contributed by atoms with Gasteiger partial charge in [0, 0.05) is 13.2 Å². The minimum Gasteiger partial charge on any atom is -0.467 e. The van der Waals surface area contributed by atoms with Crippen molar-refractivity contribution >= 4 is 12.0 Å². The van der Waals surface area contributed by atoms with Crippen molar-refractivity contribution in [3.05, 3.63) is 30.1 Å². The number of aromatic nitrogens is 1. The Morgan fingerprint density at radius 1 is 1.43 bits per heavy atom. The Kier molecular flexibility index (Phi) is 6.65. The molecule has 2 atom stereocenters. The molecule has 0 spiro atoms. The first kappa shape index (κ1) is 16.9. The summed E-state index contributed by atoms with van der Waals surface area (Å²) in [7, 11) is 2.98. The molecule has 0 aromatic carbocycles. The maximum atomic E-state index is 12.2. The molecule has 0 radical (unpaired) electrons. The van der Waals surface area contributed by atoms with Gasteiger partial charge < -0.3 is 15.0 Å². The highest BCUT2D eigenvalue weighted by Crippen LogP contribution is 2.10. The molecular formula is C15H23N3O3. The smallest absolute Gasteiger partial charge is 0.328 e. The second-order valence-corrected chi connectivity index (χ2v) is 5.01. The van der Waals surface area contributed by atoms with E-state index >= 15 is 0 Å². The summed E-state index contributed by atoms with van der Waals surface area (Å²) in [6.45, 7) is 4.24. The molecule has 0 aliphatic carbocycles. The highest BCUT2D eigenvalue weighted by molar-refractivity contribution is 5.83. The lowest BCUT2D eigenvalue weighted by Crippen LogP contribution is -2.49. The van der Waals surface area contributed by atoms with Crippen LogP contribution in [0.3, 0.4) is 0 Å². The van der Waals surface area contributed by atoms with Crippen molar-refractivity contribution in [3.63, 3.8) is 0 Å². The molecule has 1 N–H and O–H groups in total. The Labute approximate surface area is 125 Å². The van der Waals surface area contributed by atoms with Crippen LogP contribution in [0.4, 0.5) is 4.79 Å². The normalized spacial score (nSPS) is 13.1. The van der Waals surface area contributed by atoms with Gasteiger partial charge in [0.1, 0.15) is 6.04 Å². The summed E-state index contributed by atoms with van der Waals surface area (Å²) in [4.78, 5) is 29.6.